The lowest BCUT2D eigenvalue weighted by Gasteiger charge is -2.37. The van der Waals surface area contributed by atoms with Crippen LogP contribution < -0.4 is 21.5 Å². The van der Waals surface area contributed by atoms with E-state index in [0.717, 1.165) is 19.3 Å². The summed E-state index contributed by atoms with van der Waals surface area (Å²) in [5, 5.41) is 7.51. The number of rotatable bonds is 7. The quantitative estimate of drug-likeness (QED) is 0.648. The monoisotopic (exact) mass is 408 g/mol. The first kappa shape index (κ1) is 21.0. The van der Waals surface area contributed by atoms with Crippen LogP contribution in [0.1, 0.15) is 35.7 Å². The maximum Gasteiger partial charge on any atom is 0.387 e. The number of nitrogens with two attached hydrogens (primary N) is 2. The Morgan fingerprint density at radius 2 is 2.00 bits per heavy atom. The van der Waals surface area contributed by atoms with Crippen molar-refractivity contribution in [3.05, 3.63) is 36.0 Å². The van der Waals surface area contributed by atoms with Gasteiger partial charge >= 0.3 is 6.61 Å². The molecule has 1 fully saturated rings. The van der Waals surface area contributed by atoms with E-state index in [1.165, 1.54) is 12.1 Å². The first-order chi connectivity index (χ1) is 13.7. The molecule has 1 aromatic heterocycles. The highest BCUT2D eigenvalue weighted by Gasteiger charge is 2.31. The lowest BCUT2D eigenvalue weighted by atomic mass is 9.87. The van der Waals surface area contributed by atoms with E-state index in [-0.39, 0.29) is 23.4 Å². The molecule has 158 valence electrons. The number of anilines is 2. The van der Waals surface area contributed by atoms with Crippen LogP contribution in [0.15, 0.2) is 30.5 Å². The minimum atomic E-state index is -2.89. The van der Waals surface area contributed by atoms with E-state index < -0.39 is 12.5 Å². The van der Waals surface area contributed by atoms with Crippen LogP contribution in [0.3, 0.4) is 0 Å². The molecule has 1 aliphatic carbocycles. The fraction of sp³-hybridized carbons (Fsp3) is 0.474. The van der Waals surface area contributed by atoms with Gasteiger partial charge in [0.2, 0.25) is 0 Å². The van der Waals surface area contributed by atoms with E-state index in [1.54, 1.807) is 23.0 Å². The molecule has 10 heteroatoms. The predicted octanol–water partition coefficient (Wildman–Crippen LogP) is 2.31. The van der Waals surface area contributed by atoms with E-state index in [9.17, 15) is 13.6 Å². The Bertz CT molecular complexity index is 840. The summed E-state index contributed by atoms with van der Waals surface area (Å²) >= 11 is 0. The van der Waals surface area contributed by atoms with Crippen LogP contribution in [0.4, 0.5) is 20.3 Å². The van der Waals surface area contributed by atoms with Crippen molar-refractivity contribution in [2.75, 3.05) is 19.4 Å². The normalized spacial score (nSPS) is 22.1. The highest BCUT2D eigenvalue weighted by Crippen LogP contribution is 2.31. The molecule has 1 amide bonds. The van der Waals surface area contributed by atoms with E-state index in [1.807, 2.05) is 14.1 Å². The standard InChI is InChI=1S/C19H26F2N6O2/c1-26(2)12-5-8-16(15(22)9-12)27-10-14(17(23)28)18(25-27)24-11-3-6-13(7-4-11)29-19(20)21/h3-4,6-7,10,12,15-16,19H,5,8-9,22H2,1-2H3,(H2,23,28)(H,24,25)/t12-,15-,16-/m0/s1. The van der Waals surface area contributed by atoms with Crippen molar-refractivity contribution in [2.45, 2.75) is 44.0 Å². The summed E-state index contributed by atoms with van der Waals surface area (Å²) in [6.07, 6.45) is 4.26. The second-order valence-electron chi connectivity index (χ2n) is 7.43. The van der Waals surface area contributed by atoms with Gasteiger partial charge in [-0.05, 0) is 57.6 Å². The molecule has 2 aromatic rings. The molecule has 5 N–H and O–H groups in total. The number of ether oxygens (including phenoxy) is 1. The minimum Gasteiger partial charge on any atom is -0.435 e. The smallest absolute Gasteiger partial charge is 0.387 e. The molecule has 0 aliphatic heterocycles. The average Bonchev–Trinajstić information content (AvgIpc) is 3.06. The molecule has 3 atom stereocenters. The first-order valence-electron chi connectivity index (χ1n) is 9.37. The molecule has 1 aliphatic rings. The zero-order valence-corrected chi connectivity index (χ0v) is 16.4. The molecule has 0 saturated heterocycles. The Morgan fingerprint density at radius 1 is 1.31 bits per heavy atom. The van der Waals surface area contributed by atoms with Gasteiger partial charge in [0.1, 0.15) is 11.3 Å². The number of alkyl halides is 2. The molecule has 29 heavy (non-hydrogen) atoms. The largest absolute Gasteiger partial charge is 0.435 e. The van der Waals surface area contributed by atoms with Gasteiger partial charge in [0.05, 0.1) is 6.04 Å². The number of carbonyl (C=O) groups is 1. The Hall–Kier alpha value is -2.72. The summed E-state index contributed by atoms with van der Waals surface area (Å²) in [5.74, 6) is -0.288. The average molecular weight is 408 g/mol. The summed E-state index contributed by atoms with van der Waals surface area (Å²) in [4.78, 5) is 14.1. The highest BCUT2D eigenvalue weighted by atomic mass is 19.3. The van der Waals surface area contributed by atoms with Crippen molar-refractivity contribution in [3.8, 4) is 5.75 Å². The summed E-state index contributed by atoms with van der Waals surface area (Å²) in [6.45, 7) is -2.89. The van der Waals surface area contributed by atoms with Gasteiger partial charge in [0.25, 0.3) is 5.91 Å². The molecule has 1 aromatic carbocycles. The van der Waals surface area contributed by atoms with Crippen molar-refractivity contribution >= 4 is 17.4 Å². The van der Waals surface area contributed by atoms with Crippen molar-refractivity contribution in [1.29, 1.82) is 0 Å². The molecule has 3 rings (SSSR count). The van der Waals surface area contributed by atoms with E-state index >= 15 is 0 Å². The van der Waals surface area contributed by atoms with Gasteiger partial charge in [0.15, 0.2) is 5.82 Å². The number of nitrogens with zero attached hydrogens (tertiary/aromatic N) is 3. The Morgan fingerprint density at radius 3 is 2.55 bits per heavy atom. The third-order valence-electron chi connectivity index (χ3n) is 5.24. The zero-order chi connectivity index (χ0) is 21.1. The Labute approximate surface area is 167 Å². The number of halogens is 2. The second kappa shape index (κ2) is 8.75. The third-order valence-corrected chi connectivity index (χ3v) is 5.24. The van der Waals surface area contributed by atoms with Crippen LogP contribution >= 0.6 is 0 Å². The topological polar surface area (TPSA) is 111 Å². The second-order valence-corrected chi connectivity index (χ2v) is 7.43. The highest BCUT2D eigenvalue weighted by molar-refractivity contribution is 5.98. The van der Waals surface area contributed by atoms with Crippen LogP contribution in [0.25, 0.3) is 0 Å². The van der Waals surface area contributed by atoms with Gasteiger partial charge in [-0.3, -0.25) is 9.48 Å². The number of primary amides is 1. The number of nitrogens with one attached hydrogen (secondary N) is 1. The van der Waals surface area contributed by atoms with Crippen molar-refractivity contribution in [2.24, 2.45) is 11.5 Å². The van der Waals surface area contributed by atoms with Gasteiger partial charge < -0.3 is 26.4 Å². The fourth-order valence-electron chi connectivity index (χ4n) is 3.65. The summed E-state index contributed by atoms with van der Waals surface area (Å²) < 4.78 is 30.6. The van der Waals surface area contributed by atoms with E-state index in [0.29, 0.717) is 17.5 Å². The maximum atomic E-state index is 12.3. The van der Waals surface area contributed by atoms with Gasteiger partial charge in [-0.25, -0.2) is 0 Å². The Balaban J connectivity index is 1.78. The summed E-state index contributed by atoms with van der Waals surface area (Å²) in [7, 11) is 4.08. The number of aromatic nitrogens is 2. The molecule has 0 radical (unpaired) electrons. The molecule has 0 spiro atoms. The minimum absolute atomic E-state index is 0.0369. The third kappa shape index (κ3) is 5.01. The number of hydrogen-bond acceptors (Lipinski definition) is 6. The lowest BCUT2D eigenvalue weighted by molar-refractivity contribution is -0.0498. The molecule has 8 nitrogen and oxygen atoms in total. The number of benzene rings is 1. The van der Waals surface area contributed by atoms with E-state index in [2.05, 4.69) is 20.1 Å². The molecular formula is C19H26F2N6O2. The summed E-state index contributed by atoms with van der Waals surface area (Å²) in [5.41, 5.74) is 12.7. The van der Waals surface area contributed by atoms with Gasteiger partial charge in [-0.1, -0.05) is 0 Å². The summed E-state index contributed by atoms with van der Waals surface area (Å²) in [6, 6.07) is 6.17. The molecule has 0 unspecified atom stereocenters. The van der Waals surface area contributed by atoms with Gasteiger partial charge in [-0.2, -0.15) is 13.9 Å². The number of amides is 1. The molecular weight excluding hydrogens is 382 g/mol. The predicted molar refractivity (Wildman–Crippen MR) is 105 cm³/mol. The van der Waals surface area contributed by atoms with Crippen LogP contribution in [0, 0.1) is 0 Å². The molecule has 1 saturated carbocycles. The number of hydrogen-bond donors (Lipinski definition) is 3. The van der Waals surface area contributed by atoms with Crippen molar-refractivity contribution in [3.63, 3.8) is 0 Å². The maximum absolute atomic E-state index is 12.3. The zero-order valence-electron chi connectivity index (χ0n) is 16.4. The lowest BCUT2D eigenvalue weighted by Crippen LogP contribution is -2.44. The number of carbonyl (C=O) groups excluding carboxylic acids is 1. The van der Waals surface area contributed by atoms with Crippen LogP contribution in [0.2, 0.25) is 0 Å². The fourth-order valence-corrected chi connectivity index (χ4v) is 3.65. The Kier molecular flexibility index (Phi) is 6.33. The van der Waals surface area contributed by atoms with Crippen LogP contribution in [0.5, 0.6) is 5.75 Å². The van der Waals surface area contributed by atoms with E-state index in [4.69, 9.17) is 11.5 Å². The van der Waals surface area contributed by atoms with Gasteiger partial charge in [0, 0.05) is 24.0 Å². The van der Waals surface area contributed by atoms with Gasteiger partial charge in [-0.15, -0.1) is 0 Å². The van der Waals surface area contributed by atoms with Crippen molar-refractivity contribution < 1.29 is 18.3 Å². The first-order valence-corrected chi connectivity index (χ1v) is 9.37. The van der Waals surface area contributed by atoms with Crippen molar-refractivity contribution in [1.82, 2.24) is 14.7 Å². The van der Waals surface area contributed by atoms with Crippen LogP contribution in [-0.4, -0.2) is 53.4 Å². The molecule has 0 bridgehead atoms. The molecule has 1 heterocycles. The van der Waals surface area contributed by atoms with Crippen LogP contribution in [-0.2, 0) is 0 Å². The SMILES string of the molecule is CN(C)[C@H]1CC[C@H](n2cc(C(N)=O)c(Nc3ccc(OC(F)F)cc3)n2)[C@@H](N)C1.